The summed E-state index contributed by atoms with van der Waals surface area (Å²) < 4.78 is 5.20. The van der Waals surface area contributed by atoms with Crippen molar-refractivity contribution in [1.29, 1.82) is 5.26 Å². The second-order valence-electron chi connectivity index (χ2n) is 5.47. The summed E-state index contributed by atoms with van der Waals surface area (Å²) in [5.41, 5.74) is 1.52. The van der Waals surface area contributed by atoms with E-state index in [1.165, 1.54) is 25.9 Å². The lowest BCUT2D eigenvalue weighted by Crippen LogP contribution is -2.36. The molecule has 1 aromatic rings. The summed E-state index contributed by atoms with van der Waals surface area (Å²) in [6, 6.07) is 7.71. The van der Waals surface area contributed by atoms with E-state index in [1.54, 1.807) is 13.2 Å². The molecule has 4 heteroatoms. The monoisotopic (exact) mass is 273 g/mol. The van der Waals surface area contributed by atoms with Crippen molar-refractivity contribution < 1.29 is 4.74 Å². The van der Waals surface area contributed by atoms with Gasteiger partial charge in [0.25, 0.3) is 0 Å². The van der Waals surface area contributed by atoms with E-state index in [4.69, 9.17) is 10.00 Å². The van der Waals surface area contributed by atoms with Crippen LogP contribution in [0.15, 0.2) is 18.2 Å². The summed E-state index contributed by atoms with van der Waals surface area (Å²) in [6.07, 6.45) is 2.59. The molecule has 1 N–H and O–H groups in total. The van der Waals surface area contributed by atoms with Crippen LogP contribution in [0.5, 0.6) is 5.75 Å². The van der Waals surface area contributed by atoms with Gasteiger partial charge in [0, 0.05) is 19.2 Å². The van der Waals surface area contributed by atoms with E-state index in [1.807, 2.05) is 12.1 Å². The lowest BCUT2D eigenvalue weighted by molar-refractivity contribution is 0.199. The summed E-state index contributed by atoms with van der Waals surface area (Å²) in [6.45, 7) is 6.58. The molecule has 0 aliphatic carbocycles. The van der Waals surface area contributed by atoms with Crippen LogP contribution in [0.25, 0.3) is 0 Å². The molecule has 1 fully saturated rings. The first kappa shape index (κ1) is 14.7. The van der Waals surface area contributed by atoms with Crippen molar-refractivity contribution in [2.24, 2.45) is 5.92 Å². The van der Waals surface area contributed by atoms with Gasteiger partial charge in [-0.15, -0.1) is 0 Å². The molecular weight excluding hydrogens is 250 g/mol. The van der Waals surface area contributed by atoms with Crippen molar-refractivity contribution in [2.45, 2.75) is 19.8 Å². The van der Waals surface area contributed by atoms with E-state index in [9.17, 15) is 0 Å². The number of nitrogens with one attached hydrogen (secondary N) is 1. The molecule has 0 bridgehead atoms. The first-order valence-electron chi connectivity index (χ1n) is 7.27. The maximum atomic E-state index is 9.12. The number of hydrogen-bond acceptors (Lipinski definition) is 4. The van der Waals surface area contributed by atoms with Gasteiger partial charge in [-0.2, -0.15) is 5.26 Å². The Morgan fingerprint density at radius 3 is 2.80 bits per heavy atom. The smallest absolute Gasteiger partial charge is 0.121 e. The molecule has 1 heterocycles. The molecule has 0 atom stereocenters. The number of benzene rings is 1. The number of nitrogens with zero attached hydrogens (tertiary/aromatic N) is 2. The lowest BCUT2D eigenvalue weighted by atomic mass is 9.99. The lowest BCUT2D eigenvalue weighted by Gasteiger charge is -2.30. The van der Waals surface area contributed by atoms with Crippen molar-refractivity contribution >= 4 is 5.69 Å². The van der Waals surface area contributed by atoms with Crippen LogP contribution in [0.1, 0.15) is 25.3 Å². The van der Waals surface area contributed by atoms with Crippen LogP contribution in [-0.4, -0.2) is 38.2 Å². The van der Waals surface area contributed by atoms with Gasteiger partial charge < -0.3 is 15.0 Å². The Kier molecular flexibility index (Phi) is 5.25. The van der Waals surface area contributed by atoms with Gasteiger partial charge >= 0.3 is 0 Å². The first-order chi connectivity index (χ1) is 9.72. The van der Waals surface area contributed by atoms with Crippen molar-refractivity contribution in [2.75, 3.05) is 38.6 Å². The van der Waals surface area contributed by atoms with E-state index < -0.39 is 0 Å². The largest absolute Gasteiger partial charge is 0.497 e. The minimum atomic E-state index is 0.665. The number of anilines is 1. The quantitative estimate of drug-likeness (QED) is 0.896. The van der Waals surface area contributed by atoms with Crippen LogP contribution in [0, 0.1) is 17.2 Å². The van der Waals surface area contributed by atoms with Gasteiger partial charge in [-0.3, -0.25) is 0 Å². The van der Waals surface area contributed by atoms with Crippen LogP contribution >= 0.6 is 0 Å². The molecular formula is C16H23N3O. The molecule has 0 radical (unpaired) electrons. The zero-order chi connectivity index (χ0) is 14.4. The molecule has 0 saturated carbocycles. The third kappa shape index (κ3) is 3.88. The van der Waals surface area contributed by atoms with Gasteiger partial charge in [-0.1, -0.05) is 6.92 Å². The fourth-order valence-electron chi connectivity index (χ4n) is 2.53. The first-order valence-corrected chi connectivity index (χ1v) is 7.27. The summed E-state index contributed by atoms with van der Waals surface area (Å²) in [4.78, 5) is 2.49. The Morgan fingerprint density at radius 2 is 2.15 bits per heavy atom. The van der Waals surface area contributed by atoms with Gasteiger partial charge in [0.1, 0.15) is 11.8 Å². The Balaban J connectivity index is 1.86. The third-order valence-electron chi connectivity index (χ3n) is 3.97. The number of rotatable bonds is 5. The van der Waals surface area contributed by atoms with E-state index in [-0.39, 0.29) is 0 Å². The molecule has 1 aliphatic heterocycles. The zero-order valence-electron chi connectivity index (χ0n) is 12.4. The predicted octanol–water partition coefficient (Wildman–Crippen LogP) is 2.71. The molecule has 1 aromatic carbocycles. The van der Waals surface area contributed by atoms with Gasteiger partial charge in [-0.25, -0.2) is 0 Å². The Labute approximate surface area is 121 Å². The van der Waals surface area contributed by atoms with Gasteiger partial charge in [-0.05, 0) is 44.0 Å². The van der Waals surface area contributed by atoms with Crippen molar-refractivity contribution in [3.63, 3.8) is 0 Å². The van der Waals surface area contributed by atoms with E-state index >= 15 is 0 Å². The molecule has 0 spiro atoms. The van der Waals surface area contributed by atoms with E-state index in [0.717, 1.165) is 30.4 Å². The van der Waals surface area contributed by atoms with E-state index in [2.05, 4.69) is 23.2 Å². The fraction of sp³-hybridized carbons (Fsp3) is 0.562. The fourth-order valence-corrected chi connectivity index (χ4v) is 2.53. The maximum Gasteiger partial charge on any atom is 0.121 e. The highest BCUT2D eigenvalue weighted by Gasteiger charge is 2.15. The minimum absolute atomic E-state index is 0.665. The highest BCUT2D eigenvalue weighted by Crippen LogP contribution is 2.22. The number of likely N-dealkylation sites (tertiary alicyclic amines) is 1. The normalized spacial score (nSPS) is 16.6. The number of nitriles is 1. The van der Waals surface area contributed by atoms with Gasteiger partial charge in [0.05, 0.1) is 18.4 Å². The third-order valence-corrected chi connectivity index (χ3v) is 3.97. The van der Waals surface area contributed by atoms with E-state index in [0.29, 0.717) is 5.56 Å². The number of hydrogen-bond donors (Lipinski definition) is 1. The Hall–Kier alpha value is -1.73. The molecule has 2 rings (SSSR count). The standard InChI is InChI=1S/C16H23N3O/c1-13-5-8-19(9-6-13)10-7-18-16-11-15(20-2)4-3-14(16)12-17/h3-4,11,13,18H,5-10H2,1-2H3. The number of methoxy groups -OCH3 is 1. The highest BCUT2D eigenvalue weighted by molar-refractivity contribution is 5.60. The molecule has 0 aromatic heterocycles. The van der Waals surface area contributed by atoms with Crippen molar-refractivity contribution in [1.82, 2.24) is 4.90 Å². The van der Waals surface area contributed by atoms with Crippen LogP contribution in [0.2, 0.25) is 0 Å². The average molecular weight is 273 g/mol. The van der Waals surface area contributed by atoms with Crippen LogP contribution in [0.4, 0.5) is 5.69 Å². The number of ether oxygens (including phenoxy) is 1. The van der Waals surface area contributed by atoms with Crippen LogP contribution < -0.4 is 10.1 Å². The van der Waals surface area contributed by atoms with Crippen LogP contribution in [0.3, 0.4) is 0 Å². The zero-order valence-corrected chi connectivity index (χ0v) is 12.4. The topological polar surface area (TPSA) is 48.3 Å². The molecule has 20 heavy (non-hydrogen) atoms. The van der Waals surface area contributed by atoms with Crippen molar-refractivity contribution in [3.8, 4) is 11.8 Å². The molecule has 0 unspecified atom stereocenters. The summed E-state index contributed by atoms with van der Waals surface area (Å²) >= 11 is 0. The van der Waals surface area contributed by atoms with Crippen molar-refractivity contribution in [3.05, 3.63) is 23.8 Å². The number of piperidine rings is 1. The van der Waals surface area contributed by atoms with Gasteiger partial charge in [0.2, 0.25) is 0 Å². The summed E-state index contributed by atoms with van der Waals surface area (Å²) in [5.74, 6) is 1.64. The Bertz CT molecular complexity index is 473. The average Bonchev–Trinajstić information content (AvgIpc) is 2.49. The molecule has 1 aliphatic rings. The Morgan fingerprint density at radius 1 is 1.40 bits per heavy atom. The second-order valence-corrected chi connectivity index (χ2v) is 5.47. The molecule has 108 valence electrons. The molecule has 1 saturated heterocycles. The summed E-state index contributed by atoms with van der Waals surface area (Å²) in [7, 11) is 1.64. The summed E-state index contributed by atoms with van der Waals surface area (Å²) in [5, 5.41) is 12.5. The predicted molar refractivity (Wildman–Crippen MR) is 81.0 cm³/mol. The highest BCUT2D eigenvalue weighted by atomic mass is 16.5. The van der Waals surface area contributed by atoms with Gasteiger partial charge in [0.15, 0.2) is 0 Å². The van der Waals surface area contributed by atoms with Crippen LogP contribution in [-0.2, 0) is 0 Å². The SMILES string of the molecule is COc1ccc(C#N)c(NCCN2CCC(C)CC2)c1. The minimum Gasteiger partial charge on any atom is -0.497 e. The second kappa shape index (κ2) is 7.16. The maximum absolute atomic E-state index is 9.12. The molecule has 4 nitrogen and oxygen atoms in total. The molecule has 0 amide bonds.